The fourth-order valence-electron chi connectivity index (χ4n) is 2.98. The van der Waals surface area contributed by atoms with E-state index in [0.717, 1.165) is 5.56 Å². The predicted octanol–water partition coefficient (Wildman–Crippen LogP) is 3.65. The maximum atomic E-state index is 13.1. The van der Waals surface area contributed by atoms with Crippen molar-refractivity contribution in [3.63, 3.8) is 0 Å². The molecule has 0 saturated carbocycles. The van der Waals surface area contributed by atoms with Crippen molar-refractivity contribution in [1.82, 2.24) is 15.5 Å². The fraction of sp³-hybridized carbons (Fsp3) is 0.364. The molecule has 5 nitrogen and oxygen atoms in total. The van der Waals surface area contributed by atoms with Crippen LogP contribution in [0.25, 0.3) is 0 Å². The van der Waals surface area contributed by atoms with Crippen LogP contribution in [0.2, 0.25) is 5.02 Å². The van der Waals surface area contributed by atoms with Crippen molar-refractivity contribution in [3.8, 4) is 0 Å². The van der Waals surface area contributed by atoms with Crippen LogP contribution in [0.1, 0.15) is 35.8 Å². The highest BCUT2D eigenvalue weighted by Gasteiger charge is 2.26. The van der Waals surface area contributed by atoms with Crippen LogP contribution in [0.4, 0.5) is 4.39 Å². The molecule has 0 aromatic heterocycles. The molecule has 0 fully saturated rings. The minimum atomic E-state index is -0.721. The molecule has 0 heterocycles. The van der Waals surface area contributed by atoms with Crippen LogP contribution in [-0.4, -0.2) is 43.4 Å². The van der Waals surface area contributed by atoms with Gasteiger partial charge in [0.1, 0.15) is 11.9 Å². The molecule has 156 valence electrons. The molecule has 2 rings (SSSR count). The third-order valence-corrected chi connectivity index (χ3v) is 5.04. The van der Waals surface area contributed by atoms with Crippen LogP contribution < -0.4 is 10.6 Å². The Hall–Kier alpha value is -2.44. The lowest BCUT2D eigenvalue weighted by Gasteiger charge is -2.28. The third kappa shape index (κ3) is 6.27. The zero-order valence-corrected chi connectivity index (χ0v) is 17.8. The maximum absolute atomic E-state index is 13.1. The molecule has 2 aromatic rings. The van der Waals surface area contributed by atoms with Gasteiger partial charge >= 0.3 is 0 Å². The molecule has 0 aliphatic carbocycles. The molecule has 2 atom stereocenters. The van der Waals surface area contributed by atoms with E-state index in [9.17, 15) is 14.0 Å². The van der Waals surface area contributed by atoms with Crippen LogP contribution in [0.5, 0.6) is 0 Å². The summed E-state index contributed by atoms with van der Waals surface area (Å²) in [5, 5.41) is 6.30. The summed E-state index contributed by atoms with van der Waals surface area (Å²) >= 11 is 6.32. The highest BCUT2D eigenvalue weighted by Crippen LogP contribution is 2.25. The Morgan fingerprint density at radius 1 is 1.07 bits per heavy atom. The van der Waals surface area contributed by atoms with Crippen LogP contribution >= 0.6 is 11.6 Å². The topological polar surface area (TPSA) is 61.4 Å². The SMILES string of the molecule is CC(C)[C@H](NC(=O)c1ccc(F)cc1)C(=O)NC[C@H](c1ccccc1Cl)N(C)C. The number of nitrogens with one attached hydrogen (secondary N) is 2. The number of benzene rings is 2. The van der Waals surface area contributed by atoms with Gasteiger partial charge in [-0.1, -0.05) is 43.6 Å². The molecule has 0 saturated heterocycles. The first kappa shape index (κ1) is 22.8. The summed E-state index contributed by atoms with van der Waals surface area (Å²) in [6, 6.07) is 11.9. The number of hydrogen-bond acceptors (Lipinski definition) is 3. The lowest BCUT2D eigenvalue weighted by molar-refractivity contribution is -0.124. The summed E-state index contributed by atoms with van der Waals surface area (Å²) in [4.78, 5) is 27.2. The van der Waals surface area contributed by atoms with Gasteiger partial charge in [0.25, 0.3) is 5.91 Å². The van der Waals surface area contributed by atoms with Gasteiger partial charge in [0.15, 0.2) is 0 Å². The Morgan fingerprint density at radius 2 is 1.69 bits per heavy atom. The first-order valence-electron chi connectivity index (χ1n) is 9.45. The molecular formula is C22H27ClFN3O2. The largest absolute Gasteiger partial charge is 0.352 e. The number of carbonyl (C=O) groups excluding carboxylic acids is 2. The van der Waals surface area contributed by atoms with E-state index < -0.39 is 17.8 Å². The first-order valence-corrected chi connectivity index (χ1v) is 9.83. The first-order chi connectivity index (χ1) is 13.7. The Morgan fingerprint density at radius 3 is 2.24 bits per heavy atom. The Balaban J connectivity index is 2.07. The monoisotopic (exact) mass is 419 g/mol. The molecule has 0 bridgehead atoms. The van der Waals surface area contributed by atoms with Gasteiger partial charge in [0.05, 0.1) is 6.04 Å². The molecule has 0 aliphatic heterocycles. The molecule has 29 heavy (non-hydrogen) atoms. The Bertz CT molecular complexity index is 840. The van der Waals surface area contributed by atoms with Crippen LogP contribution in [0.3, 0.4) is 0 Å². The number of carbonyl (C=O) groups is 2. The smallest absolute Gasteiger partial charge is 0.251 e. The van der Waals surface area contributed by atoms with Crippen LogP contribution in [0.15, 0.2) is 48.5 Å². The van der Waals surface area contributed by atoms with Crippen molar-refractivity contribution in [3.05, 3.63) is 70.5 Å². The normalized spacial score (nSPS) is 13.2. The van der Waals surface area contributed by atoms with Gasteiger partial charge in [-0.15, -0.1) is 0 Å². The number of likely N-dealkylation sites (N-methyl/N-ethyl adjacent to an activating group) is 1. The van der Waals surface area contributed by atoms with E-state index in [4.69, 9.17) is 11.6 Å². The van der Waals surface area contributed by atoms with Gasteiger partial charge < -0.3 is 15.5 Å². The van der Waals surface area contributed by atoms with Crippen molar-refractivity contribution >= 4 is 23.4 Å². The number of nitrogens with zero attached hydrogens (tertiary/aromatic N) is 1. The molecule has 2 N–H and O–H groups in total. The quantitative estimate of drug-likeness (QED) is 0.686. The van der Waals surface area contributed by atoms with Gasteiger partial charge in [0, 0.05) is 17.1 Å². The Kier molecular flexibility index (Phi) is 8.17. The number of hydrogen-bond donors (Lipinski definition) is 2. The molecular weight excluding hydrogens is 393 g/mol. The molecule has 0 radical (unpaired) electrons. The fourth-order valence-corrected chi connectivity index (χ4v) is 3.25. The van der Waals surface area contributed by atoms with E-state index in [1.807, 2.05) is 57.1 Å². The second kappa shape index (κ2) is 10.4. The number of halogens is 2. The van der Waals surface area contributed by atoms with Gasteiger partial charge in [-0.3, -0.25) is 9.59 Å². The van der Waals surface area contributed by atoms with Crippen molar-refractivity contribution in [2.75, 3.05) is 20.6 Å². The van der Waals surface area contributed by atoms with E-state index >= 15 is 0 Å². The zero-order valence-electron chi connectivity index (χ0n) is 17.1. The maximum Gasteiger partial charge on any atom is 0.251 e. The molecule has 0 aliphatic rings. The van der Waals surface area contributed by atoms with Gasteiger partial charge in [-0.25, -0.2) is 4.39 Å². The second-order valence-corrected chi connectivity index (χ2v) is 7.86. The highest BCUT2D eigenvalue weighted by atomic mass is 35.5. The lowest BCUT2D eigenvalue weighted by Crippen LogP contribution is -2.51. The van der Waals surface area contributed by atoms with Crippen LogP contribution in [-0.2, 0) is 4.79 Å². The summed E-state index contributed by atoms with van der Waals surface area (Å²) in [6.45, 7) is 4.05. The average Bonchev–Trinajstić information content (AvgIpc) is 2.67. The van der Waals surface area contributed by atoms with Crippen LogP contribution in [0, 0.1) is 11.7 Å². The lowest BCUT2D eigenvalue weighted by atomic mass is 10.0. The van der Waals surface area contributed by atoms with Gasteiger partial charge in [-0.05, 0) is 55.9 Å². The molecule has 2 amide bonds. The minimum absolute atomic E-state index is 0.117. The average molecular weight is 420 g/mol. The van der Waals surface area contributed by atoms with E-state index in [0.29, 0.717) is 17.1 Å². The minimum Gasteiger partial charge on any atom is -0.352 e. The van der Waals surface area contributed by atoms with Crippen molar-refractivity contribution in [2.45, 2.75) is 25.9 Å². The van der Waals surface area contributed by atoms with Crippen molar-refractivity contribution in [2.24, 2.45) is 5.92 Å². The molecule has 7 heteroatoms. The third-order valence-electron chi connectivity index (χ3n) is 4.70. The van der Waals surface area contributed by atoms with E-state index in [1.54, 1.807) is 0 Å². The number of rotatable bonds is 8. The standard InChI is InChI=1S/C22H27ClFN3O2/c1-14(2)20(26-21(28)15-9-11-16(24)12-10-15)22(29)25-13-19(27(3)4)17-7-5-6-8-18(17)23/h5-12,14,19-20H,13H2,1-4H3,(H,25,29)(H,26,28)/t19-,20+/m1/s1. The second-order valence-electron chi connectivity index (χ2n) is 7.45. The van der Waals surface area contributed by atoms with Gasteiger partial charge in [0.2, 0.25) is 5.91 Å². The molecule has 0 unspecified atom stereocenters. The van der Waals surface area contributed by atoms with Gasteiger partial charge in [-0.2, -0.15) is 0 Å². The highest BCUT2D eigenvalue weighted by molar-refractivity contribution is 6.31. The summed E-state index contributed by atoms with van der Waals surface area (Å²) in [7, 11) is 3.83. The summed E-state index contributed by atoms with van der Waals surface area (Å²) in [6.07, 6.45) is 0. The zero-order chi connectivity index (χ0) is 21.6. The molecule has 0 spiro atoms. The van der Waals surface area contributed by atoms with E-state index in [1.165, 1.54) is 24.3 Å². The summed E-state index contributed by atoms with van der Waals surface area (Å²) in [5.41, 5.74) is 1.21. The van der Waals surface area contributed by atoms with E-state index in [-0.39, 0.29) is 17.9 Å². The number of amides is 2. The Labute approximate surface area is 176 Å². The van der Waals surface area contributed by atoms with E-state index in [2.05, 4.69) is 10.6 Å². The summed E-state index contributed by atoms with van der Waals surface area (Å²) in [5.74, 6) is -1.25. The van der Waals surface area contributed by atoms with Crippen molar-refractivity contribution in [1.29, 1.82) is 0 Å². The molecule has 2 aromatic carbocycles. The van der Waals surface area contributed by atoms with Crippen molar-refractivity contribution < 1.29 is 14.0 Å². The summed E-state index contributed by atoms with van der Waals surface area (Å²) < 4.78 is 13.1. The predicted molar refractivity (Wildman–Crippen MR) is 113 cm³/mol.